The van der Waals surface area contributed by atoms with Crippen LogP contribution in [0.25, 0.3) is 0 Å². The molecule has 0 saturated heterocycles. The Hall–Kier alpha value is -1.98. The average molecular weight is 457 g/mol. The van der Waals surface area contributed by atoms with Crippen molar-refractivity contribution in [2.45, 2.75) is 19.7 Å². The van der Waals surface area contributed by atoms with Gasteiger partial charge in [0, 0.05) is 18.1 Å². The predicted molar refractivity (Wildman–Crippen MR) is 118 cm³/mol. The van der Waals surface area contributed by atoms with E-state index in [1.807, 2.05) is 36.4 Å². The SMILES string of the molecule is COc1cc(CNCc2ccccc2Cl)cc(Cl)c1OCc1ccc(F)cc1.Cl. The maximum atomic E-state index is 13.0. The molecule has 0 bridgehead atoms. The molecule has 3 aromatic carbocycles. The van der Waals surface area contributed by atoms with Gasteiger partial charge in [-0.1, -0.05) is 53.5 Å². The van der Waals surface area contributed by atoms with E-state index in [1.54, 1.807) is 19.2 Å². The minimum Gasteiger partial charge on any atom is -0.493 e. The molecule has 29 heavy (non-hydrogen) atoms. The van der Waals surface area contributed by atoms with Gasteiger partial charge in [-0.05, 0) is 47.0 Å². The van der Waals surface area contributed by atoms with Gasteiger partial charge in [-0.3, -0.25) is 0 Å². The van der Waals surface area contributed by atoms with E-state index in [1.165, 1.54) is 12.1 Å². The summed E-state index contributed by atoms with van der Waals surface area (Å²) in [7, 11) is 1.57. The number of methoxy groups -OCH3 is 1. The van der Waals surface area contributed by atoms with Crippen LogP contribution < -0.4 is 14.8 Å². The highest BCUT2D eigenvalue weighted by atomic mass is 35.5. The molecular weight excluding hydrogens is 436 g/mol. The lowest BCUT2D eigenvalue weighted by Gasteiger charge is -2.15. The second-order valence-electron chi connectivity index (χ2n) is 6.22. The van der Waals surface area contributed by atoms with Gasteiger partial charge >= 0.3 is 0 Å². The highest BCUT2D eigenvalue weighted by Crippen LogP contribution is 2.37. The topological polar surface area (TPSA) is 30.5 Å². The first-order valence-electron chi connectivity index (χ1n) is 8.74. The van der Waals surface area contributed by atoms with Crippen molar-refractivity contribution in [3.63, 3.8) is 0 Å². The Morgan fingerprint density at radius 1 is 0.897 bits per heavy atom. The molecule has 0 saturated carbocycles. The van der Waals surface area contributed by atoms with Crippen LogP contribution in [0.5, 0.6) is 11.5 Å². The number of rotatable bonds is 8. The Kier molecular flexibility index (Phi) is 9.05. The summed E-state index contributed by atoms with van der Waals surface area (Å²) in [5.41, 5.74) is 2.83. The summed E-state index contributed by atoms with van der Waals surface area (Å²) >= 11 is 12.6. The Morgan fingerprint density at radius 3 is 2.31 bits per heavy atom. The van der Waals surface area contributed by atoms with Crippen molar-refractivity contribution in [2.75, 3.05) is 7.11 Å². The lowest BCUT2D eigenvalue weighted by molar-refractivity contribution is 0.284. The molecular formula is C22H21Cl3FNO2. The molecule has 0 unspecified atom stereocenters. The summed E-state index contributed by atoms with van der Waals surface area (Å²) in [6.07, 6.45) is 0. The Morgan fingerprint density at radius 2 is 1.62 bits per heavy atom. The minimum atomic E-state index is -0.284. The summed E-state index contributed by atoms with van der Waals surface area (Å²) < 4.78 is 24.3. The van der Waals surface area contributed by atoms with Gasteiger partial charge in [0.05, 0.1) is 12.1 Å². The second kappa shape index (κ2) is 11.3. The van der Waals surface area contributed by atoms with Crippen LogP contribution in [0.3, 0.4) is 0 Å². The third-order valence-corrected chi connectivity index (χ3v) is 4.84. The van der Waals surface area contributed by atoms with Crippen molar-refractivity contribution in [2.24, 2.45) is 0 Å². The van der Waals surface area contributed by atoms with E-state index in [9.17, 15) is 4.39 Å². The zero-order chi connectivity index (χ0) is 19.9. The minimum absolute atomic E-state index is 0. The van der Waals surface area contributed by atoms with Gasteiger partial charge in [0.25, 0.3) is 0 Å². The van der Waals surface area contributed by atoms with Crippen molar-refractivity contribution in [1.82, 2.24) is 5.32 Å². The fraction of sp³-hybridized carbons (Fsp3) is 0.182. The molecule has 3 rings (SSSR count). The van der Waals surface area contributed by atoms with Crippen molar-refractivity contribution in [3.8, 4) is 11.5 Å². The molecule has 0 spiro atoms. The molecule has 0 heterocycles. The molecule has 7 heteroatoms. The summed E-state index contributed by atoms with van der Waals surface area (Å²) in [5.74, 6) is 0.723. The van der Waals surface area contributed by atoms with Crippen molar-refractivity contribution >= 4 is 35.6 Å². The standard InChI is InChI=1S/C22H20Cl2FNO2.ClH/c1-27-21-11-16(12-26-13-17-4-2-3-5-19(17)23)10-20(24)22(21)28-14-15-6-8-18(25)9-7-15;/h2-11,26H,12-14H2,1H3;1H. The Bertz CT molecular complexity index is 936. The molecule has 0 aliphatic rings. The summed E-state index contributed by atoms with van der Waals surface area (Å²) in [5, 5.41) is 4.53. The van der Waals surface area contributed by atoms with Gasteiger partial charge in [0.15, 0.2) is 11.5 Å². The van der Waals surface area contributed by atoms with Gasteiger partial charge in [0.2, 0.25) is 0 Å². The summed E-state index contributed by atoms with van der Waals surface area (Å²) in [6.45, 7) is 1.50. The number of ether oxygens (including phenoxy) is 2. The van der Waals surface area contributed by atoms with Gasteiger partial charge in [-0.15, -0.1) is 12.4 Å². The number of hydrogen-bond donors (Lipinski definition) is 1. The normalized spacial score (nSPS) is 10.3. The van der Waals surface area contributed by atoms with Crippen molar-refractivity contribution in [1.29, 1.82) is 0 Å². The molecule has 3 nitrogen and oxygen atoms in total. The van der Waals surface area contributed by atoms with Gasteiger partial charge in [-0.25, -0.2) is 4.39 Å². The van der Waals surface area contributed by atoms with E-state index < -0.39 is 0 Å². The highest BCUT2D eigenvalue weighted by molar-refractivity contribution is 6.32. The molecule has 0 aliphatic carbocycles. The Balaban J connectivity index is 0.00000300. The third kappa shape index (κ3) is 6.51. The maximum absolute atomic E-state index is 13.0. The zero-order valence-corrected chi connectivity index (χ0v) is 18.1. The van der Waals surface area contributed by atoms with Crippen LogP contribution in [0.1, 0.15) is 16.7 Å². The number of benzene rings is 3. The number of hydrogen-bond acceptors (Lipinski definition) is 3. The van der Waals surface area contributed by atoms with Gasteiger partial charge in [-0.2, -0.15) is 0 Å². The molecule has 0 radical (unpaired) electrons. The van der Waals surface area contributed by atoms with E-state index in [0.29, 0.717) is 29.6 Å². The first-order chi connectivity index (χ1) is 13.6. The van der Waals surface area contributed by atoms with E-state index in [0.717, 1.165) is 21.7 Å². The fourth-order valence-corrected chi connectivity index (χ4v) is 3.23. The van der Waals surface area contributed by atoms with E-state index >= 15 is 0 Å². The van der Waals surface area contributed by atoms with Crippen LogP contribution in [-0.4, -0.2) is 7.11 Å². The summed E-state index contributed by atoms with van der Waals surface area (Å²) in [6, 6.07) is 17.6. The zero-order valence-electron chi connectivity index (χ0n) is 15.8. The van der Waals surface area contributed by atoms with Crippen LogP contribution in [0.4, 0.5) is 4.39 Å². The first kappa shape index (κ1) is 23.3. The number of halogens is 4. The monoisotopic (exact) mass is 455 g/mol. The lowest BCUT2D eigenvalue weighted by atomic mass is 10.1. The van der Waals surface area contributed by atoms with Crippen molar-refractivity contribution < 1.29 is 13.9 Å². The Labute approximate surface area is 186 Å². The highest BCUT2D eigenvalue weighted by Gasteiger charge is 2.12. The lowest BCUT2D eigenvalue weighted by Crippen LogP contribution is -2.13. The van der Waals surface area contributed by atoms with Crippen molar-refractivity contribution in [3.05, 3.63) is 93.2 Å². The van der Waals surface area contributed by atoms with Crippen LogP contribution in [-0.2, 0) is 19.7 Å². The fourth-order valence-electron chi connectivity index (χ4n) is 2.73. The van der Waals surface area contributed by atoms with Crippen LogP contribution >= 0.6 is 35.6 Å². The maximum Gasteiger partial charge on any atom is 0.180 e. The van der Waals surface area contributed by atoms with Gasteiger partial charge in [0.1, 0.15) is 12.4 Å². The quantitative estimate of drug-likeness (QED) is 0.423. The molecule has 3 aromatic rings. The number of nitrogens with one attached hydrogen (secondary N) is 1. The average Bonchev–Trinajstić information content (AvgIpc) is 2.69. The van der Waals surface area contributed by atoms with E-state index in [-0.39, 0.29) is 24.8 Å². The van der Waals surface area contributed by atoms with Crippen LogP contribution in [0.15, 0.2) is 60.7 Å². The van der Waals surface area contributed by atoms with Crippen LogP contribution in [0.2, 0.25) is 10.0 Å². The predicted octanol–water partition coefficient (Wildman–Crippen LogP) is 6.43. The smallest absolute Gasteiger partial charge is 0.180 e. The van der Waals surface area contributed by atoms with E-state index in [2.05, 4.69) is 5.32 Å². The van der Waals surface area contributed by atoms with Crippen LogP contribution in [0, 0.1) is 5.82 Å². The van der Waals surface area contributed by atoms with Gasteiger partial charge < -0.3 is 14.8 Å². The molecule has 1 N–H and O–H groups in total. The molecule has 0 aromatic heterocycles. The summed E-state index contributed by atoms with van der Waals surface area (Å²) in [4.78, 5) is 0. The first-order valence-corrected chi connectivity index (χ1v) is 9.50. The molecule has 0 atom stereocenters. The largest absolute Gasteiger partial charge is 0.493 e. The second-order valence-corrected chi connectivity index (χ2v) is 7.03. The molecule has 154 valence electrons. The van der Waals surface area contributed by atoms with E-state index in [4.69, 9.17) is 32.7 Å². The molecule has 0 fully saturated rings. The molecule has 0 aliphatic heterocycles. The molecule has 0 amide bonds. The third-order valence-electron chi connectivity index (χ3n) is 4.19.